The predicted octanol–water partition coefficient (Wildman–Crippen LogP) is 1.16. The van der Waals surface area contributed by atoms with E-state index < -0.39 is 11.6 Å². The summed E-state index contributed by atoms with van der Waals surface area (Å²) in [4.78, 5) is 14.9. The number of nitrogens with zero attached hydrogens (tertiary/aromatic N) is 2. The van der Waals surface area contributed by atoms with Gasteiger partial charge < -0.3 is 15.7 Å². The maximum absolute atomic E-state index is 13.1. The fourth-order valence-electron chi connectivity index (χ4n) is 6.96. The second kappa shape index (κ2) is 4.29. The predicted molar refractivity (Wildman–Crippen MR) is 82.8 cm³/mol. The number of fused-ring (bicyclic) bond motifs is 1. The van der Waals surface area contributed by atoms with Crippen molar-refractivity contribution in [3.63, 3.8) is 0 Å². The molecule has 0 aromatic rings. The molecule has 0 radical (unpaired) electrons. The molecule has 0 aromatic heterocycles. The molecule has 5 heteroatoms. The Morgan fingerprint density at radius 2 is 1.91 bits per heavy atom. The highest BCUT2D eigenvalue weighted by Crippen LogP contribution is 2.63. The Hall–Kier alpha value is -1.12. The highest BCUT2D eigenvalue weighted by atomic mass is 16.3. The molecule has 6 fully saturated rings. The summed E-state index contributed by atoms with van der Waals surface area (Å²) < 4.78 is 0. The number of hydrogen-bond donors (Lipinski definition) is 2. The Kier molecular flexibility index (Phi) is 2.65. The van der Waals surface area contributed by atoms with Crippen LogP contribution in [0.2, 0.25) is 0 Å². The normalized spacial score (nSPS) is 53.8. The first-order valence-electron chi connectivity index (χ1n) is 9.13. The molecule has 23 heavy (non-hydrogen) atoms. The lowest BCUT2D eigenvalue weighted by Crippen LogP contribution is -2.64. The number of carbonyl (C=O) groups excluding carboxylic acids is 1. The zero-order valence-electron chi connectivity index (χ0n) is 13.4. The molecule has 4 unspecified atom stereocenters. The molecule has 1 saturated heterocycles. The number of likely N-dealkylation sites (tertiary alicyclic amines) is 1. The molecular formula is C18H25N3O2. The molecule has 5 saturated carbocycles. The van der Waals surface area contributed by atoms with E-state index in [2.05, 4.69) is 6.07 Å². The molecule has 8 atom stereocenters. The summed E-state index contributed by atoms with van der Waals surface area (Å²) in [6, 6.07) is 1.72. The summed E-state index contributed by atoms with van der Waals surface area (Å²) in [6.45, 7) is 0. The minimum absolute atomic E-state index is 0.0212. The zero-order valence-corrected chi connectivity index (χ0v) is 13.4. The van der Waals surface area contributed by atoms with E-state index in [-0.39, 0.29) is 23.4 Å². The van der Waals surface area contributed by atoms with E-state index in [1.807, 2.05) is 0 Å². The third-order valence-corrected chi connectivity index (χ3v) is 7.51. The molecule has 1 amide bonds. The Morgan fingerprint density at radius 1 is 1.22 bits per heavy atom. The van der Waals surface area contributed by atoms with Crippen molar-refractivity contribution >= 4 is 5.91 Å². The quantitative estimate of drug-likeness (QED) is 0.800. The number of nitrogens with two attached hydrogens (primary N) is 1. The molecule has 5 nitrogen and oxygen atoms in total. The van der Waals surface area contributed by atoms with Crippen molar-refractivity contribution < 1.29 is 9.90 Å². The molecule has 124 valence electrons. The van der Waals surface area contributed by atoms with Gasteiger partial charge in [0.2, 0.25) is 5.91 Å². The smallest absolute Gasteiger partial charge is 0.241 e. The number of aliphatic hydroxyl groups is 1. The van der Waals surface area contributed by atoms with E-state index in [0.717, 1.165) is 38.5 Å². The molecule has 0 spiro atoms. The Balaban J connectivity index is 1.43. The Bertz CT molecular complexity index is 598. The van der Waals surface area contributed by atoms with Crippen molar-refractivity contribution in [2.24, 2.45) is 28.9 Å². The third kappa shape index (κ3) is 1.88. The van der Waals surface area contributed by atoms with Gasteiger partial charge in [-0.25, -0.2) is 0 Å². The molecule has 4 bridgehead atoms. The second-order valence-electron chi connectivity index (χ2n) is 9.21. The van der Waals surface area contributed by atoms with Gasteiger partial charge in [0, 0.05) is 6.04 Å². The van der Waals surface area contributed by atoms with E-state index in [1.54, 1.807) is 4.90 Å². The average molecular weight is 315 g/mol. The molecule has 3 N–H and O–H groups in total. The van der Waals surface area contributed by atoms with Gasteiger partial charge in [-0.05, 0) is 74.5 Å². The SMILES string of the molecule is N#C[C@@H]1C[C@H]2C[C@H]2N1C(=O)C(N)C12CC3C[C@H](CC(O)(C3)C1)C2. The van der Waals surface area contributed by atoms with E-state index in [4.69, 9.17) is 5.73 Å². The van der Waals surface area contributed by atoms with Gasteiger partial charge in [0.1, 0.15) is 6.04 Å². The van der Waals surface area contributed by atoms with Crippen molar-refractivity contribution in [1.82, 2.24) is 4.90 Å². The summed E-state index contributed by atoms with van der Waals surface area (Å²) >= 11 is 0. The fourth-order valence-corrected chi connectivity index (χ4v) is 6.96. The topological polar surface area (TPSA) is 90.4 Å². The largest absolute Gasteiger partial charge is 0.390 e. The minimum Gasteiger partial charge on any atom is -0.390 e. The van der Waals surface area contributed by atoms with E-state index in [9.17, 15) is 15.2 Å². The van der Waals surface area contributed by atoms with Gasteiger partial charge in [0.15, 0.2) is 0 Å². The van der Waals surface area contributed by atoms with Gasteiger partial charge in [-0.3, -0.25) is 4.79 Å². The Labute approximate surface area is 136 Å². The highest BCUT2D eigenvalue weighted by molar-refractivity contribution is 5.84. The van der Waals surface area contributed by atoms with Crippen molar-refractivity contribution in [1.29, 1.82) is 5.26 Å². The molecule has 1 aliphatic heterocycles. The van der Waals surface area contributed by atoms with Crippen molar-refractivity contribution in [2.75, 3.05) is 0 Å². The maximum atomic E-state index is 13.1. The van der Waals surface area contributed by atoms with Gasteiger partial charge in [-0.2, -0.15) is 5.26 Å². The van der Waals surface area contributed by atoms with Gasteiger partial charge in [0.25, 0.3) is 0 Å². The van der Waals surface area contributed by atoms with Gasteiger partial charge in [0.05, 0.1) is 17.7 Å². The van der Waals surface area contributed by atoms with Crippen LogP contribution in [0.4, 0.5) is 0 Å². The lowest BCUT2D eigenvalue weighted by atomic mass is 9.46. The first-order valence-corrected chi connectivity index (χ1v) is 9.13. The molecular weight excluding hydrogens is 290 g/mol. The van der Waals surface area contributed by atoms with Crippen LogP contribution >= 0.6 is 0 Å². The van der Waals surface area contributed by atoms with Gasteiger partial charge >= 0.3 is 0 Å². The lowest BCUT2D eigenvalue weighted by Gasteiger charge is -2.61. The summed E-state index contributed by atoms with van der Waals surface area (Å²) in [5.41, 5.74) is 5.71. The molecule has 1 heterocycles. The Morgan fingerprint density at radius 3 is 2.52 bits per heavy atom. The van der Waals surface area contributed by atoms with Crippen LogP contribution in [0.25, 0.3) is 0 Å². The average Bonchev–Trinajstić information content (AvgIpc) is 3.14. The molecule has 0 aromatic carbocycles. The van der Waals surface area contributed by atoms with E-state index >= 15 is 0 Å². The van der Waals surface area contributed by atoms with Gasteiger partial charge in [-0.1, -0.05) is 0 Å². The van der Waals surface area contributed by atoms with Crippen LogP contribution in [0.5, 0.6) is 0 Å². The van der Waals surface area contributed by atoms with Crippen LogP contribution < -0.4 is 5.73 Å². The molecule has 5 aliphatic carbocycles. The minimum atomic E-state index is -0.594. The second-order valence-corrected chi connectivity index (χ2v) is 9.21. The van der Waals surface area contributed by atoms with Crippen molar-refractivity contribution in [3.05, 3.63) is 0 Å². The summed E-state index contributed by atoms with van der Waals surface area (Å²) in [5.74, 6) is 1.56. The first kappa shape index (κ1) is 14.2. The van der Waals surface area contributed by atoms with Crippen molar-refractivity contribution in [2.45, 2.75) is 75.1 Å². The summed E-state index contributed by atoms with van der Waals surface area (Å²) in [6.07, 6.45) is 7.48. The highest BCUT2D eigenvalue weighted by Gasteiger charge is 2.62. The maximum Gasteiger partial charge on any atom is 0.241 e. The number of carbonyl (C=O) groups is 1. The van der Waals surface area contributed by atoms with E-state index in [0.29, 0.717) is 24.2 Å². The first-order chi connectivity index (χ1) is 10.9. The van der Waals surface area contributed by atoms with E-state index in [1.165, 1.54) is 6.42 Å². The van der Waals surface area contributed by atoms with Crippen LogP contribution in [-0.4, -0.2) is 39.6 Å². The summed E-state index contributed by atoms with van der Waals surface area (Å²) in [5, 5.41) is 20.2. The zero-order chi connectivity index (χ0) is 16.0. The van der Waals surface area contributed by atoms with Crippen LogP contribution in [-0.2, 0) is 4.79 Å². The van der Waals surface area contributed by atoms with Gasteiger partial charge in [-0.15, -0.1) is 0 Å². The fraction of sp³-hybridized carbons (Fsp3) is 0.889. The summed E-state index contributed by atoms with van der Waals surface area (Å²) in [7, 11) is 0. The lowest BCUT2D eigenvalue weighted by molar-refractivity contribution is -0.177. The standard InChI is InChI=1S/C18H25N3O2/c19-8-13-2-12-3-14(12)21(13)16(22)15(20)17-4-10-1-11(5-17)7-18(23,6-10)9-17/h10-15,23H,1-7,9,20H2/t10-,11?,12-,13-,14+,15?,17?,18?/m0/s1. The molecule has 6 aliphatic rings. The van der Waals surface area contributed by atoms with Crippen LogP contribution in [0.15, 0.2) is 0 Å². The van der Waals surface area contributed by atoms with Crippen molar-refractivity contribution in [3.8, 4) is 6.07 Å². The monoisotopic (exact) mass is 315 g/mol. The molecule has 6 rings (SSSR count). The van der Waals surface area contributed by atoms with Crippen LogP contribution in [0, 0.1) is 34.5 Å². The number of piperidine rings is 1. The van der Waals surface area contributed by atoms with Crippen LogP contribution in [0.3, 0.4) is 0 Å². The number of rotatable bonds is 2. The third-order valence-electron chi connectivity index (χ3n) is 7.51. The number of amides is 1. The number of nitriles is 1. The number of hydrogen-bond acceptors (Lipinski definition) is 4. The van der Waals surface area contributed by atoms with Crippen LogP contribution in [0.1, 0.15) is 51.4 Å².